The van der Waals surface area contributed by atoms with Crippen LogP contribution in [0.15, 0.2) is 24.3 Å². The predicted octanol–water partition coefficient (Wildman–Crippen LogP) is 1.59. The van der Waals surface area contributed by atoms with Gasteiger partial charge < -0.3 is 15.3 Å². The van der Waals surface area contributed by atoms with Crippen molar-refractivity contribution in [1.82, 2.24) is 4.90 Å². The Morgan fingerprint density at radius 1 is 1.52 bits per heavy atom. The number of hydrogen-bond donors (Lipinski definition) is 2. The van der Waals surface area contributed by atoms with Gasteiger partial charge in [0.25, 0.3) is 0 Å². The van der Waals surface area contributed by atoms with Gasteiger partial charge in [-0.1, -0.05) is 0 Å². The Kier molecular flexibility index (Phi) is 5.32. The third-order valence-corrected chi connectivity index (χ3v) is 3.94. The Labute approximate surface area is 125 Å². The quantitative estimate of drug-likeness (QED) is 0.862. The van der Waals surface area contributed by atoms with Crippen LogP contribution in [0.25, 0.3) is 0 Å². The van der Waals surface area contributed by atoms with Crippen LogP contribution in [0.5, 0.6) is 0 Å². The highest BCUT2D eigenvalue weighted by molar-refractivity contribution is 5.90. The summed E-state index contributed by atoms with van der Waals surface area (Å²) in [6.45, 7) is 4.35. The lowest BCUT2D eigenvalue weighted by atomic mass is 10.0. The number of benzene rings is 1. The average Bonchev–Trinajstić information content (AvgIpc) is 2.95. The van der Waals surface area contributed by atoms with E-state index in [9.17, 15) is 9.90 Å². The van der Waals surface area contributed by atoms with Crippen molar-refractivity contribution in [2.45, 2.75) is 25.9 Å². The highest BCUT2D eigenvalue weighted by Crippen LogP contribution is 2.19. The summed E-state index contributed by atoms with van der Waals surface area (Å²) < 4.78 is 0. The number of carbonyl (C=O) groups is 1. The minimum atomic E-state index is -0.275. The van der Waals surface area contributed by atoms with Crippen molar-refractivity contribution in [3.63, 3.8) is 0 Å². The third kappa shape index (κ3) is 4.55. The molecule has 112 valence electrons. The molecular weight excluding hydrogens is 266 g/mol. The lowest BCUT2D eigenvalue weighted by Gasteiger charge is -2.17. The number of anilines is 1. The molecule has 1 fully saturated rings. The van der Waals surface area contributed by atoms with E-state index in [0.717, 1.165) is 19.5 Å². The zero-order chi connectivity index (χ0) is 15.2. The van der Waals surface area contributed by atoms with E-state index in [4.69, 9.17) is 5.26 Å². The normalized spacial score (nSPS) is 20.0. The van der Waals surface area contributed by atoms with Gasteiger partial charge in [-0.2, -0.15) is 5.26 Å². The molecule has 0 spiro atoms. The monoisotopic (exact) mass is 287 g/mol. The second kappa shape index (κ2) is 7.21. The second-order valence-electron chi connectivity index (χ2n) is 5.58. The van der Waals surface area contributed by atoms with Crippen LogP contribution < -0.4 is 5.32 Å². The van der Waals surface area contributed by atoms with Crippen molar-refractivity contribution in [3.8, 4) is 6.07 Å². The average molecular weight is 287 g/mol. The molecule has 1 aromatic carbocycles. The zero-order valence-corrected chi connectivity index (χ0v) is 12.2. The summed E-state index contributed by atoms with van der Waals surface area (Å²) in [5.74, 6) is 0.298. The summed E-state index contributed by atoms with van der Waals surface area (Å²) in [6, 6.07) is 8.87. The van der Waals surface area contributed by atoms with E-state index in [-0.39, 0.29) is 12.0 Å². The number of aliphatic hydroxyl groups excluding tert-OH is 1. The van der Waals surface area contributed by atoms with Crippen molar-refractivity contribution in [2.75, 3.05) is 25.0 Å². The van der Waals surface area contributed by atoms with E-state index in [1.807, 2.05) is 13.0 Å². The SMILES string of the molecule is CC(O)C1CCN(CCC(=O)Nc2ccc(C#N)cc2)C1. The molecule has 1 saturated heterocycles. The minimum absolute atomic E-state index is 0.0276. The van der Waals surface area contributed by atoms with E-state index in [0.29, 0.717) is 30.1 Å². The van der Waals surface area contributed by atoms with Crippen LogP contribution in [-0.2, 0) is 4.79 Å². The van der Waals surface area contributed by atoms with Crippen molar-refractivity contribution >= 4 is 11.6 Å². The summed E-state index contributed by atoms with van der Waals surface area (Å²) in [5, 5.41) is 21.1. The topological polar surface area (TPSA) is 76.4 Å². The Bertz CT molecular complexity index is 519. The van der Waals surface area contributed by atoms with Gasteiger partial charge in [-0.25, -0.2) is 0 Å². The Hall–Kier alpha value is -1.90. The standard InChI is InChI=1S/C16H21N3O2/c1-12(20)14-6-8-19(11-14)9-7-16(21)18-15-4-2-13(10-17)3-5-15/h2-5,12,14,20H,6-9,11H2,1H3,(H,18,21). The highest BCUT2D eigenvalue weighted by Gasteiger charge is 2.25. The molecule has 0 bridgehead atoms. The first-order valence-corrected chi connectivity index (χ1v) is 7.29. The molecule has 1 aromatic rings. The fourth-order valence-corrected chi connectivity index (χ4v) is 2.57. The van der Waals surface area contributed by atoms with Crippen molar-refractivity contribution in [3.05, 3.63) is 29.8 Å². The van der Waals surface area contributed by atoms with Gasteiger partial charge in [-0.05, 0) is 50.1 Å². The fraction of sp³-hybridized carbons (Fsp3) is 0.500. The van der Waals surface area contributed by atoms with Crippen molar-refractivity contribution in [2.24, 2.45) is 5.92 Å². The number of rotatable bonds is 5. The van der Waals surface area contributed by atoms with Crippen LogP contribution in [-0.4, -0.2) is 41.7 Å². The molecule has 1 amide bonds. The van der Waals surface area contributed by atoms with E-state index >= 15 is 0 Å². The Balaban J connectivity index is 1.74. The van der Waals surface area contributed by atoms with Gasteiger partial charge in [0.2, 0.25) is 5.91 Å². The molecule has 21 heavy (non-hydrogen) atoms. The predicted molar refractivity (Wildman–Crippen MR) is 80.6 cm³/mol. The summed E-state index contributed by atoms with van der Waals surface area (Å²) in [7, 11) is 0. The molecule has 1 aliphatic heterocycles. The Morgan fingerprint density at radius 2 is 2.24 bits per heavy atom. The number of hydrogen-bond acceptors (Lipinski definition) is 4. The van der Waals surface area contributed by atoms with Gasteiger partial charge in [0.1, 0.15) is 0 Å². The number of likely N-dealkylation sites (tertiary alicyclic amines) is 1. The maximum atomic E-state index is 11.9. The molecule has 0 saturated carbocycles. The molecule has 2 N–H and O–H groups in total. The first-order valence-electron chi connectivity index (χ1n) is 7.29. The number of nitrogens with zero attached hydrogens (tertiary/aromatic N) is 2. The van der Waals surface area contributed by atoms with E-state index in [2.05, 4.69) is 10.2 Å². The van der Waals surface area contributed by atoms with Crippen LogP contribution in [0.1, 0.15) is 25.3 Å². The van der Waals surface area contributed by atoms with Gasteiger partial charge in [-0.15, -0.1) is 0 Å². The minimum Gasteiger partial charge on any atom is -0.393 e. The molecular formula is C16H21N3O2. The summed E-state index contributed by atoms with van der Waals surface area (Å²) in [6.07, 6.45) is 1.16. The van der Waals surface area contributed by atoms with Crippen LogP contribution in [0.4, 0.5) is 5.69 Å². The molecule has 5 nitrogen and oxygen atoms in total. The highest BCUT2D eigenvalue weighted by atomic mass is 16.3. The van der Waals surface area contributed by atoms with Crippen LogP contribution >= 0.6 is 0 Å². The summed E-state index contributed by atoms with van der Waals surface area (Å²) >= 11 is 0. The second-order valence-corrected chi connectivity index (χ2v) is 5.58. The molecule has 2 unspecified atom stereocenters. The lowest BCUT2D eigenvalue weighted by Crippen LogP contribution is -2.27. The smallest absolute Gasteiger partial charge is 0.225 e. The number of nitrogens with one attached hydrogen (secondary N) is 1. The maximum absolute atomic E-state index is 11.9. The van der Waals surface area contributed by atoms with Gasteiger partial charge in [0.05, 0.1) is 17.7 Å². The van der Waals surface area contributed by atoms with Crippen molar-refractivity contribution in [1.29, 1.82) is 5.26 Å². The van der Waals surface area contributed by atoms with Gasteiger partial charge >= 0.3 is 0 Å². The van der Waals surface area contributed by atoms with E-state index < -0.39 is 0 Å². The Morgan fingerprint density at radius 3 is 2.81 bits per heavy atom. The molecule has 5 heteroatoms. The van der Waals surface area contributed by atoms with Crippen LogP contribution in [0, 0.1) is 17.2 Å². The van der Waals surface area contributed by atoms with Gasteiger partial charge in [-0.3, -0.25) is 4.79 Å². The number of nitriles is 1. The van der Waals surface area contributed by atoms with Crippen LogP contribution in [0.3, 0.4) is 0 Å². The molecule has 2 rings (SSSR count). The summed E-state index contributed by atoms with van der Waals surface area (Å²) in [4.78, 5) is 14.1. The summed E-state index contributed by atoms with van der Waals surface area (Å²) in [5.41, 5.74) is 1.29. The molecule has 2 atom stereocenters. The number of aliphatic hydroxyl groups is 1. The fourth-order valence-electron chi connectivity index (χ4n) is 2.57. The molecule has 0 aromatic heterocycles. The van der Waals surface area contributed by atoms with Crippen LogP contribution in [0.2, 0.25) is 0 Å². The number of amides is 1. The largest absolute Gasteiger partial charge is 0.393 e. The van der Waals surface area contributed by atoms with E-state index in [1.165, 1.54) is 0 Å². The zero-order valence-electron chi connectivity index (χ0n) is 12.2. The van der Waals surface area contributed by atoms with Gasteiger partial charge in [0, 0.05) is 25.2 Å². The number of carbonyl (C=O) groups excluding carboxylic acids is 1. The first kappa shape index (κ1) is 15.5. The van der Waals surface area contributed by atoms with Crippen molar-refractivity contribution < 1.29 is 9.90 Å². The molecule has 0 aliphatic carbocycles. The maximum Gasteiger partial charge on any atom is 0.225 e. The molecule has 1 heterocycles. The van der Waals surface area contributed by atoms with Gasteiger partial charge in [0.15, 0.2) is 0 Å². The molecule has 0 radical (unpaired) electrons. The van der Waals surface area contributed by atoms with E-state index in [1.54, 1.807) is 24.3 Å². The molecule has 1 aliphatic rings. The lowest BCUT2D eigenvalue weighted by molar-refractivity contribution is -0.116. The first-order chi connectivity index (χ1) is 10.1. The third-order valence-electron chi connectivity index (χ3n) is 3.94.